The molecule has 0 aliphatic rings. The second-order valence-electron chi connectivity index (χ2n) is 10.5. The predicted molar refractivity (Wildman–Crippen MR) is 173 cm³/mol. The summed E-state index contributed by atoms with van der Waals surface area (Å²) in [6.45, 7) is 8.36. The van der Waals surface area contributed by atoms with Crippen LogP contribution in [0.3, 0.4) is 0 Å². The van der Waals surface area contributed by atoms with Gasteiger partial charge >= 0.3 is 262 Å². The van der Waals surface area contributed by atoms with Crippen LogP contribution >= 0.6 is 37.9 Å². The fourth-order valence-electron chi connectivity index (χ4n) is 4.25. The van der Waals surface area contributed by atoms with E-state index in [1.54, 1.807) is 0 Å². The number of carbonyl (C=O) groups excluding carboxylic acids is 3. The molecule has 0 saturated carbocycles. The van der Waals surface area contributed by atoms with Gasteiger partial charge in [0.05, 0.1) is 0 Å². The molecule has 0 radical (unpaired) electrons. The molecule has 0 aliphatic carbocycles. The summed E-state index contributed by atoms with van der Waals surface area (Å²) < 4.78 is 18.7. The number of hydrogen-bond acceptors (Lipinski definition) is 9. The summed E-state index contributed by atoms with van der Waals surface area (Å²) >= 11 is 8.13. The fraction of sp³-hybridized carbons (Fsp3) is 0.897. The average molecular weight is 716 g/mol. The van der Waals surface area contributed by atoms with E-state index in [0.29, 0.717) is 47.4 Å². The second kappa shape index (κ2) is 24.8. The zero-order valence-electron chi connectivity index (χ0n) is 25.0. The first-order chi connectivity index (χ1) is 18.8. The van der Waals surface area contributed by atoms with Crippen LogP contribution in [0.25, 0.3) is 0 Å². The molecule has 0 aromatic carbocycles. The Labute approximate surface area is 261 Å². The molecule has 0 saturated heterocycles. The summed E-state index contributed by atoms with van der Waals surface area (Å²) in [6.07, 6.45) is 13.3. The standard InChI is InChI=1S/C8H17.3C7H14O2S.Sn/c1-3-5-7-8-6-4-2;3*1-2-3-4-6(5-10)7(8)9;/h1,3-8H2,2H3;3*6,10H,2-5H2,1H3,(H,8,9);/q;;;;+3/p-3. The fourth-order valence-corrected chi connectivity index (χ4v) is 12.5. The van der Waals surface area contributed by atoms with Crippen molar-refractivity contribution in [2.75, 3.05) is 17.3 Å². The topological polar surface area (TPSA) is 78.9 Å². The molecule has 10 heteroatoms. The number of rotatable bonds is 25. The van der Waals surface area contributed by atoms with Crippen molar-refractivity contribution in [3.05, 3.63) is 0 Å². The van der Waals surface area contributed by atoms with Crippen molar-refractivity contribution in [2.24, 2.45) is 17.8 Å². The Morgan fingerprint density at radius 3 is 1.13 bits per heavy atom. The zero-order valence-corrected chi connectivity index (χ0v) is 30.5. The van der Waals surface area contributed by atoms with E-state index in [4.69, 9.17) is 9.22 Å². The summed E-state index contributed by atoms with van der Waals surface area (Å²) in [6, 6.07) is 0. The SMILES string of the molecule is CCCCCCC[CH2][Sn]([O]C(=O)C(CS)CCCC)([O]C(=O)C(CS)CCCC)[O]C(=O)C(CS)CCCC. The number of carbonyl (C=O) groups is 3. The van der Waals surface area contributed by atoms with Crippen molar-refractivity contribution in [1.82, 2.24) is 0 Å². The molecule has 0 rings (SSSR count). The normalized spacial score (nSPS) is 15.2. The maximum absolute atomic E-state index is 13.4. The molecule has 0 heterocycles. The second-order valence-corrected chi connectivity index (χ2v) is 18.7. The minimum atomic E-state index is -5.06. The van der Waals surface area contributed by atoms with Gasteiger partial charge in [0.15, 0.2) is 0 Å². The van der Waals surface area contributed by atoms with Gasteiger partial charge in [0.2, 0.25) is 0 Å². The van der Waals surface area contributed by atoms with Crippen LogP contribution in [0, 0.1) is 17.8 Å². The maximum atomic E-state index is 13.4. The third-order valence-corrected chi connectivity index (χ3v) is 15.4. The molecule has 6 nitrogen and oxygen atoms in total. The predicted octanol–water partition coefficient (Wildman–Crippen LogP) is 8.12. The summed E-state index contributed by atoms with van der Waals surface area (Å²) in [5, 5.41) is 0. The first kappa shape index (κ1) is 39.3. The van der Waals surface area contributed by atoms with E-state index >= 15 is 0 Å². The van der Waals surface area contributed by atoms with Crippen LogP contribution in [0.1, 0.15) is 124 Å². The number of thiol groups is 3. The van der Waals surface area contributed by atoms with Gasteiger partial charge in [0.1, 0.15) is 0 Å². The number of hydrogen-bond donors (Lipinski definition) is 3. The molecule has 3 atom stereocenters. The van der Waals surface area contributed by atoms with Crippen molar-refractivity contribution in [2.45, 2.75) is 128 Å². The van der Waals surface area contributed by atoms with E-state index < -0.39 is 55.3 Å². The van der Waals surface area contributed by atoms with Crippen LogP contribution < -0.4 is 0 Å². The van der Waals surface area contributed by atoms with Crippen molar-refractivity contribution in [3.63, 3.8) is 0 Å². The van der Waals surface area contributed by atoms with Crippen LogP contribution in [0.15, 0.2) is 0 Å². The molecule has 0 spiro atoms. The van der Waals surface area contributed by atoms with Crippen LogP contribution in [-0.2, 0) is 23.6 Å². The molecule has 0 amide bonds. The van der Waals surface area contributed by atoms with E-state index in [-0.39, 0.29) is 0 Å². The van der Waals surface area contributed by atoms with Gasteiger partial charge in [-0.15, -0.1) is 0 Å². The molecule has 39 heavy (non-hydrogen) atoms. The Bertz CT molecular complexity index is 593. The Kier molecular flexibility index (Phi) is 25.0. The summed E-state index contributed by atoms with van der Waals surface area (Å²) in [5.41, 5.74) is 0. The molecule has 0 aromatic rings. The Hall–Kier alpha value is 0.259. The summed E-state index contributed by atoms with van der Waals surface area (Å²) in [5.74, 6) is -1.73. The molecule has 0 N–H and O–H groups in total. The molecule has 0 fully saturated rings. The first-order valence-electron chi connectivity index (χ1n) is 15.3. The van der Waals surface area contributed by atoms with Gasteiger partial charge in [-0.2, -0.15) is 0 Å². The monoisotopic (exact) mass is 716 g/mol. The minimum absolute atomic E-state index is 0.303. The molecule has 0 bridgehead atoms. The molecule has 3 unspecified atom stereocenters. The third kappa shape index (κ3) is 17.1. The Morgan fingerprint density at radius 1 is 0.513 bits per heavy atom. The number of unbranched alkanes of at least 4 members (excludes halogenated alkanes) is 8. The van der Waals surface area contributed by atoms with Gasteiger partial charge in [-0.25, -0.2) is 0 Å². The average Bonchev–Trinajstić information content (AvgIpc) is 2.91. The van der Waals surface area contributed by atoms with Crippen LogP contribution in [0.2, 0.25) is 4.44 Å². The van der Waals surface area contributed by atoms with Gasteiger partial charge in [0.25, 0.3) is 0 Å². The van der Waals surface area contributed by atoms with E-state index in [1.807, 2.05) is 0 Å². The van der Waals surface area contributed by atoms with Crippen LogP contribution in [0.4, 0.5) is 0 Å². The van der Waals surface area contributed by atoms with Gasteiger partial charge in [0, 0.05) is 0 Å². The van der Waals surface area contributed by atoms with Gasteiger partial charge in [-0.3, -0.25) is 0 Å². The molecule has 0 aromatic heterocycles. The first-order valence-corrected chi connectivity index (χ1v) is 22.7. The van der Waals surface area contributed by atoms with E-state index in [9.17, 15) is 14.4 Å². The third-order valence-electron chi connectivity index (χ3n) is 6.98. The Morgan fingerprint density at radius 2 is 0.821 bits per heavy atom. The molecular weight excluding hydrogens is 659 g/mol. The molecule has 230 valence electrons. The van der Waals surface area contributed by atoms with E-state index in [2.05, 4.69) is 65.6 Å². The summed E-state index contributed by atoms with van der Waals surface area (Å²) in [7, 11) is 0. The van der Waals surface area contributed by atoms with Crippen LogP contribution in [0.5, 0.6) is 0 Å². The van der Waals surface area contributed by atoms with Crippen molar-refractivity contribution in [1.29, 1.82) is 0 Å². The van der Waals surface area contributed by atoms with Gasteiger partial charge in [-0.1, -0.05) is 0 Å². The quantitative estimate of drug-likeness (QED) is 0.0504. The van der Waals surface area contributed by atoms with Gasteiger partial charge in [-0.05, 0) is 0 Å². The van der Waals surface area contributed by atoms with Crippen molar-refractivity contribution < 1.29 is 23.6 Å². The van der Waals surface area contributed by atoms with Crippen molar-refractivity contribution >= 4 is 75.4 Å². The van der Waals surface area contributed by atoms with E-state index in [1.165, 1.54) is 0 Å². The molecule has 0 aliphatic heterocycles. The summed E-state index contributed by atoms with van der Waals surface area (Å²) in [4.78, 5) is 40.3. The van der Waals surface area contributed by atoms with Gasteiger partial charge < -0.3 is 0 Å². The Balaban J connectivity index is 6.20. The van der Waals surface area contributed by atoms with E-state index in [0.717, 1.165) is 70.6 Å². The zero-order chi connectivity index (χ0) is 29.5. The molecular formula is C29H56O6S3Sn. The van der Waals surface area contributed by atoms with Crippen LogP contribution in [-0.4, -0.2) is 54.8 Å². The van der Waals surface area contributed by atoms with Crippen molar-refractivity contribution in [3.8, 4) is 0 Å².